The Labute approximate surface area is 148 Å². The Morgan fingerprint density at radius 2 is 1.58 bits per heavy atom. The average molecular weight is 378 g/mol. The second-order valence-corrected chi connectivity index (χ2v) is 7.10. The summed E-state index contributed by atoms with van der Waals surface area (Å²) in [5.41, 5.74) is 0.280. The van der Waals surface area contributed by atoms with Gasteiger partial charge in [0.1, 0.15) is 5.75 Å². The third-order valence-corrected chi connectivity index (χ3v) is 4.67. The van der Waals surface area contributed by atoms with Crippen molar-refractivity contribution in [1.82, 2.24) is 0 Å². The largest absolute Gasteiger partial charge is 0.496 e. The predicted octanol–water partition coefficient (Wildman–Crippen LogP) is 3.10. The van der Waals surface area contributed by atoms with Crippen LogP contribution in [0, 0.1) is 20.2 Å². The van der Waals surface area contributed by atoms with Crippen LogP contribution in [0.3, 0.4) is 0 Å². The molecule has 0 saturated carbocycles. The fraction of sp³-hybridized carbons (Fsp3) is 0.125. The molecule has 0 N–H and O–H groups in total. The molecule has 0 fully saturated rings. The smallest absolute Gasteiger partial charge is 0.270 e. The Hall–Kier alpha value is -3.27. The number of ether oxygens (including phenoxy) is 1. The predicted molar refractivity (Wildman–Crippen MR) is 94.4 cm³/mol. The fourth-order valence-corrected chi connectivity index (χ4v) is 3.27. The zero-order valence-corrected chi connectivity index (χ0v) is 14.4. The average Bonchev–Trinajstić information content (AvgIpc) is 2.60. The van der Waals surface area contributed by atoms with E-state index >= 15 is 0 Å². The van der Waals surface area contributed by atoms with Gasteiger partial charge in [0.25, 0.3) is 11.4 Å². The normalized spacial score (nSPS) is 11.4. The summed E-state index contributed by atoms with van der Waals surface area (Å²) in [6, 6.07) is 9.06. The summed E-state index contributed by atoms with van der Waals surface area (Å²) in [6.45, 7) is 0. The molecule has 0 aliphatic heterocycles. The van der Waals surface area contributed by atoms with Crippen LogP contribution in [0.1, 0.15) is 11.1 Å². The molecule has 0 amide bonds. The van der Waals surface area contributed by atoms with Crippen molar-refractivity contribution < 1.29 is 23.0 Å². The molecule has 2 aromatic rings. The highest BCUT2D eigenvalue weighted by Gasteiger charge is 2.16. The molecule has 136 valence electrons. The number of nitro benzene ring substituents is 2. The van der Waals surface area contributed by atoms with Crippen molar-refractivity contribution in [3.8, 4) is 5.75 Å². The van der Waals surface area contributed by atoms with Gasteiger partial charge in [0.05, 0.1) is 22.7 Å². The number of benzene rings is 2. The highest BCUT2D eigenvalue weighted by atomic mass is 32.2. The van der Waals surface area contributed by atoms with Crippen LogP contribution in [0.2, 0.25) is 0 Å². The molecule has 0 aromatic heterocycles. The Kier molecular flexibility index (Phi) is 5.68. The first-order chi connectivity index (χ1) is 12.2. The van der Waals surface area contributed by atoms with Crippen molar-refractivity contribution in [2.75, 3.05) is 7.11 Å². The molecule has 2 aromatic carbocycles. The summed E-state index contributed by atoms with van der Waals surface area (Å²) in [7, 11) is -2.41. The van der Waals surface area contributed by atoms with Gasteiger partial charge in [-0.1, -0.05) is 0 Å². The van der Waals surface area contributed by atoms with E-state index in [0.717, 1.165) is 11.5 Å². The number of nitro groups is 2. The minimum Gasteiger partial charge on any atom is -0.496 e. The summed E-state index contributed by atoms with van der Waals surface area (Å²) in [6.07, 6.45) is 1.29. The van der Waals surface area contributed by atoms with E-state index in [2.05, 4.69) is 0 Å². The SMILES string of the molecule is COc1ccc([N+](=O)[O-])cc1CS(=O)(=O)/C=C/c1ccc([N+](=O)[O-])cc1. The molecular formula is C16H14N2O7S. The highest BCUT2D eigenvalue weighted by molar-refractivity contribution is 7.93. The lowest BCUT2D eigenvalue weighted by Gasteiger charge is -2.07. The topological polar surface area (TPSA) is 130 Å². The van der Waals surface area contributed by atoms with Gasteiger partial charge in [0, 0.05) is 35.2 Å². The molecule has 0 spiro atoms. The molecule has 0 aliphatic rings. The van der Waals surface area contributed by atoms with Crippen molar-refractivity contribution >= 4 is 27.3 Å². The van der Waals surface area contributed by atoms with Crippen LogP contribution in [-0.4, -0.2) is 25.4 Å². The van der Waals surface area contributed by atoms with E-state index in [-0.39, 0.29) is 22.7 Å². The molecule has 0 atom stereocenters. The van der Waals surface area contributed by atoms with Gasteiger partial charge in [0.15, 0.2) is 9.84 Å². The van der Waals surface area contributed by atoms with Gasteiger partial charge in [-0.3, -0.25) is 20.2 Å². The van der Waals surface area contributed by atoms with E-state index in [4.69, 9.17) is 4.74 Å². The molecular weight excluding hydrogens is 364 g/mol. The second-order valence-electron chi connectivity index (χ2n) is 5.21. The first kappa shape index (κ1) is 19.1. The molecule has 0 unspecified atom stereocenters. The molecule has 0 aliphatic carbocycles. The van der Waals surface area contributed by atoms with E-state index < -0.39 is 25.4 Å². The number of nitrogens with zero attached hydrogens (tertiary/aromatic N) is 2. The third-order valence-electron chi connectivity index (χ3n) is 3.40. The Morgan fingerprint density at radius 3 is 2.12 bits per heavy atom. The van der Waals surface area contributed by atoms with Crippen molar-refractivity contribution in [2.45, 2.75) is 5.75 Å². The van der Waals surface area contributed by atoms with Crippen molar-refractivity contribution in [3.05, 3.63) is 79.2 Å². The van der Waals surface area contributed by atoms with Gasteiger partial charge in [-0.2, -0.15) is 0 Å². The molecule has 0 saturated heterocycles. The Morgan fingerprint density at radius 1 is 1.00 bits per heavy atom. The molecule has 2 rings (SSSR count). The lowest BCUT2D eigenvalue weighted by Crippen LogP contribution is -2.03. The van der Waals surface area contributed by atoms with E-state index in [1.807, 2.05) is 0 Å². The summed E-state index contributed by atoms with van der Waals surface area (Å²) in [5, 5.41) is 22.4. The number of rotatable bonds is 7. The maximum Gasteiger partial charge on any atom is 0.270 e. The van der Waals surface area contributed by atoms with Gasteiger partial charge in [-0.25, -0.2) is 8.42 Å². The molecule has 9 nitrogen and oxygen atoms in total. The van der Waals surface area contributed by atoms with Crippen LogP contribution < -0.4 is 4.74 Å². The van der Waals surface area contributed by atoms with Crippen LogP contribution in [0.4, 0.5) is 11.4 Å². The number of hydrogen-bond donors (Lipinski definition) is 0. The van der Waals surface area contributed by atoms with E-state index in [0.29, 0.717) is 5.56 Å². The lowest BCUT2D eigenvalue weighted by molar-refractivity contribution is -0.385. The monoisotopic (exact) mass is 378 g/mol. The Balaban J connectivity index is 2.24. The quantitative estimate of drug-likeness (QED) is 0.534. The standard InChI is InChI=1S/C16H14N2O7S/c1-25-16-7-6-15(18(21)22)10-13(16)11-26(23,24)9-8-12-2-4-14(5-3-12)17(19)20/h2-10H,11H2,1H3/b9-8+. The minimum atomic E-state index is -3.75. The first-order valence-corrected chi connectivity index (χ1v) is 8.90. The van der Waals surface area contributed by atoms with Gasteiger partial charge >= 0.3 is 0 Å². The van der Waals surface area contributed by atoms with Gasteiger partial charge < -0.3 is 4.74 Å². The van der Waals surface area contributed by atoms with Crippen LogP contribution in [0.5, 0.6) is 5.75 Å². The fourth-order valence-electron chi connectivity index (χ4n) is 2.15. The first-order valence-electron chi connectivity index (χ1n) is 7.18. The molecule has 0 radical (unpaired) electrons. The lowest BCUT2D eigenvalue weighted by atomic mass is 10.2. The van der Waals surface area contributed by atoms with Gasteiger partial charge in [-0.05, 0) is 29.8 Å². The van der Waals surface area contributed by atoms with Gasteiger partial charge in [-0.15, -0.1) is 0 Å². The summed E-state index contributed by atoms with van der Waals surface area (Å²) in [5.74, 6) is -0.260. The number of methoxy groups -OCH3 is 1. The Bertz CT molecular complexity index is 967. The van der Waals surface area contributed by atoms with Crippen molar-refractivity contribution in [1.29, 1.82) is 0 Å². The summed E-state index contributed by atoms with van der Waals surface area (Å²) >= 11 is 0. The van der Waals surface area contributed by atoms with Crippen LogP contribution >= 0.6 is 0 Å². The molecule has 26 heavy (non-hydrogen) atoms. The molecule has 10 heteroatoms. The minimum absolute atomic E-state index is 0.105. The maximum absolute atomic E-state index is 12.3. The van der Waals surface area contributed by atoms with E-state index in [9.17, 15) is 28.6 Å². The van der Waals surface area contributed by atoms with Crippen LogP contribution in [0.15, 0.2) is 47.9 Å². The van der Waals surface area contributed by atoms with E-state index in [1.54, 1.807) is 0 Å². The van der Waals surface area contributed by atoms with Crippen LogP contribution in [-0.2, 0) is 15.6 Å². The molecule has 0 heterocycles. The zero-order valence-electron chi connectivity index (χ0n) is 13.6. The third kappa shape index (κ3) is 4.86. The van der Waals surface area contributed by atoms with Crippen LogP contribution in [0.25, 0.3) is 6.08 Å². The summed E-state index contributed by atoms with van der Waals surface area (Å²) in [4.78, 5) is 20.3. The zero-order chi connectivity index (χ0) is 19.3. The number of non-ortho nitro benzene ring substituents is 2. The van der Waals surface area contributed by atoms with E-state index in [1.165, 1.54) is 49.6 Å². The van der Waals surface area contributed by atoms with Crippen molar-refractivity contribution in [3.63, 3.8) is 0 Å². The summed E-state index contributed by atoms with van der Waals surface area (Å²) < 4.78 is 29.6. The van der Waals surface area contributed by atoms with Gasteiger partial charge in [0.2, 0.25) is 0 Å². The highest BCUT2D eigenvalue weighted by Crippen LogP contribution is 2.26. The maximum atomic E-state index is 12.3. The van der Waals surface area contributed by atoms with Crippen molar-refractivity contribution in [2.24, 2.45) is 0 Å². The number of sulfone groups is 1. The number of hydrogen-bond acceptors (Lipinski definition) is 7. The molecule has 0 bridgehead atoms. The second kappa shape index (κ2) is 7.74.